The highest BCUT2D eigenvalue weighted by atomic mass is 28.4. The SMILES string of the molecule is C=CCO[Si](CC=C)(OC)OC(OC)(OC)OC. The van der Waals surface area contributed by atoms with Crippen molar-refractivity contribution in [2.75, 3.05) is 35.0 Å². The Morgan fingerprint density at radius 1 is 1.00 bits per heavy atom. The third-order valence-corrected chi connectivity index (χ3v) is 4.74. The van der Waals surface area contributed by atoms with Crippen LogP contribution >= 0.6 is 0 Å². The highest BCUT2D eigenvalue weighted by Crippen LogP contribution is 2.25. The van der Waals surface area contributed by atoms with Crippen molar-refractivity contribution in [3.63, 3.8) is 0 Å². The van der Waals surface area contributed by atoms with Crippen molar-refractivity contribution < 1.29 is 27.5 Å². The van der Waals surface area contributed by atoms with Gasteiger partial charge in [-0.3, -0.25) is 4.43 Å². The molecule has 0 N–H and O–H groups in total. The summed E-state index contributed by atoms with van der Waals surface area (Å²) >= 11 is 0. The van der Waals surface area contributed by atoms with Gasteiger partial charge in [-0.25, -0.2) is 0 Å². The first-order valence-electron chi connectivity index (χ1n) is 5.34. The molecular weight excluding hydrogens is 256 g/mol. The molecule has 0 saturated carbocycles. The fourth-order valence-corrected chi connectivity index (χ4v) is 3.23. The van der Waals surface area contributed by atoms with Crippen molar-refractivity contribution >= 4 is 8.80 Å². The van der Waals surface area contributed by atoms with Crippen LogP contribution in [0.25, 0.3) is 0 Å². The Kier molecular flexibility index (Phi) is 8.28. The zero-order valence-corrected chi connectivity index (χ0v) is 12.4. The molecule has 0 aliphatic rings. The predicted octanol–water partition coefficient (Wildman–Crippen LogP) is 1.53. The van der Waals surface area contributed by atoms with E-state index in [0.29, 0.717) is 6.04 Å². The maximum absolute atomic E-state index is 5.67. The van der Waals surface area contributed by atoms with Crippen molar-refractivity contribution in [2.24, 2.45) is 0 Å². The molecule has 1 unspecified atom stereocenters. The third-order valence-electron chi connectivity index (χ3n) is 2.16. The fourth-order valence-electron chi connectivity index (χ4n) is 1.24. The number of ether oxygens (including phenoxy) is 3. The van der Waals surface area contributed by atoms with E-state index in [9.17, 15) is 0 Å². The molecule has 0 spiro atoms. The van der Waals surface area contributed by atoms with Gasteiger partial charge in [0.2, 0.25) is 0 Å². The van der Waals surface area contributed by atoms with E-state index in [2.05, 4.69) is 13.2 Å². The van der Waals surface area contributed by atoms with Crippen LogP contribution < -0.4 is 0 Å². The number of methoxy groups -OCH3 is 3. The molecule has 0 aromatic heterocycles. The van der Waals surface area contributed by atoms with Gasteiger partial charge >= 0.3 is 15.0 Å². The number of rotatable bonds is 11. The first-order chi connectivity index (χ1) is 8.57. The van der Waals surface area contributed by atoms with Crippen LogP contribution in [0.2, 0.25) is 6.04 Å². The second-order valence-electron chi connectivity index (χ2n) is 3.19. The van der Waals surface area contributed by atoms with Gasteiger partial charge in [-0.1, -0.05) is 12.2 Å². The first-order valence-corrected chi connectivity index (χ1v) is 7.27. The standard InChI is InChI=1S/C11H22O6Si/c1-7-9-16-18(15-6,10-8-2)17-11(12-3,13-4)14-5/h7-8H,1-2,9-10H2,3-6H3. The Bertz CT molecular complexity index is 248. The van der Waals surface area contributed by atoms with Gasteiger partial charge in [-0.2, -0.15) is 0 Å². The zero-order chi connectivity index (χ0) is 14.1. The van der Waals surface area contributed by atoms with Gasteiger partial charge in [0, 0.05) is 34.5 Å². The number of allylic oxidation sites excluding steroid dienone is 1. The number of hydrogen-bond acceptors (Lipinski definition) is 6. The van der Waals surface area contributed by atoms with Gasteiger partial charge in [0.1, 0.15) is 0 Å². The van der Waals surface area contributed by atoms with Crippen LogP contribution in [-0.2, 0) is 27.5 Å². The molecule has 0 fully saturated rings. The lowest BCUT2D eigenvalue weighted by Crippen LogP contribution is -2.55. The molecule has 0 bridgehead atoms. The molecule has 0 aliphatic carbocycles. The lowest BCUT2D eigenvalue weighted by molar-refractivity contribution is -0.460. The first kappa shape index (κ1) is 17.5. The lowest BCUT2D eigenvalue weighted by Gasteiger charge is -2.36. The molecule has 6 nitrogen and oxygen atoms in total. The normalized spacial score (nSPS) is 15.1. The monoisotopic (exact) mass is 278 g/mol. The Labute approximate surface area is 109 Å². The van der Waals surface area contributed by atoms with E-state index < -0.39 is 15.0 Å². The van der Waals surface area contributed by atoms with E-state index in [1.54, 1.807) is 12.2 Å². The van der Waals surface area contributed by atoms with Gasteiger partial charge in [0.05, 0.1) is 6.61 Å². The highest BCUT2D eigenvalue weighted by molar-refractivity contribution is 6.61. The average molecular weight is 278 g/mol. The van der Waals surface area contributed by atoms with E-state index in [0.717, 1.165) is 0 Å². The summed E-state index contributed by atoms with van der Waals surface area (Å²) in [5.41, 5.74) is 0. The lowest BCUT2D eigenvalue weighted by atomic mass is 10.7. The van der Waals surface area contributed by atoms with Crippen molar-refractivity contribution in [1.29, 1.82) is 0 Å². The smallest absolute Gasteiger partial charge is 0.377 e. The second kappa shape index (κ2) is 8.54. The van der Waals surface area contributed by atoms with Crippen molar-refractivity contribution in [2.45, 2.75) is 12.2 Å². The molecule has 106 valence electrons. The predicted molar refractivity (Wildman–Crippen MR) is 68.8 cm³/mol. The third kappa shape index (κ3) is 4.62. The fraction of sp³-hybridized carbons (Fsp3) is 0.636. The highest BCUT2D eigenvalue weighted by Gasteiger charge is 2.49. The molecule has 0 radical (unpaired) electrons. The van der Waals surface area contributed by atoms with Gasteiger partial charge in [-0.15, -0.1) is 13.2 Å². The van der Waals surface area contributed by atoms with Crippen LogP contribution in [0.15, 0.2) is 25.3 Å². The summed E-state index contributed by atoms with van der Waals surface area (Å²) in [7, 11) is 2.61. The van der Waals surface area contributed by atoms with E-state index >= 15 is 0 Å². The maximum atomic E-state index is 5.67. The van der Waals surface area contributed by atoms with E-state index in [1.807, 2.05) is 0 Å². The van der Waals surface area contributed by atoms with E-state index in [1.165, 1.54) is 28.4 Å². The Balaban J connectivity index is 5.03. The summed E-state index contributed by atoms with van der Waals surface area (Å²) in [4.78, 5) is 0. The molecule has 0 rings (SSSR count). The van der Waals surface area contributed by atoms with E-state index in [4.69, 9.17) is 27.5 Å². The topological polar surface area (TPSA) is 55.4 Å². The van der Waals surface area contributed by atoms with Gasteiger partial charge < -0.3 is 23.1 Å². The summed E-state index contributed by atoms with van der Waals surface area (Å²) in [6.07, 6.45) is 1.58. The van der Waals surface area contributed by atoms with Crippen LogP contribution in [0.4, 0.5) is 0 Å². The van der Waals surface area contributed by atoms with Crippen molar-refractivity contribution in [3.8, 4) is 0 Å². The maximum Gasteiger partial charge on any atom is 0.510 e. The van der Waals surface area contributed by atoms with Gasteiger partial charge in [0.15, 0.2) is 0 Å². The number of hydrogen-bond donors (Lipinski definition) is 0. The second-order valence-corrected chi connectivity index (χ2v) is 5.87. The van der Waals surface area contributed by atoms with Crippen molar-refractivity contribution in [1.82, 2.24) is 0 Å². The van der Waals surface area contributed by atoms with Crippen LogP contribution in [0.5, 0.6) is 0 Å². The summed E-state index contributed by atoms with van der Waals surface area (Å²) in [5, 5.41) is 0. The van der Waals surface area contributed by atoms with Gasteiger partial charge in [0.25, 0.3) is 0 Å². The molecule has 0 heterocycles. The van der Waals surface area contributed by atoms with E-state index in [-0.39, 0.29) is 6.61 Å². The molecule has 1 atom stereocenters. The summed E-state index contributed by atoms with van der Waals surface area (Å²) in [6.45, 7) is 7.52. The summed E-state index contributed by atoms with van der Waals surface area (Å²) < 4.78 is 31.8. The summed E-state index contributed by atoms with van der Waals surface area (Å²) in [6, 6.07) is 0.384. The van der Waals surface area contributed by atoms with Gasteiger partial charge in [-0.05, 0) is 0 Å². The molecule has 0 aromatic carbocycles. The quantitative estimate of drug-likeness (QED) is 0.324. The molecule has 7 heteroatoms. The Morgan fingerprint density at radius 2 is 1.56 bits per heavy atom. The van der Waals surface area contributed by atoms with Crippen LogP contribution in [0, 0.1) is 0 Å². The van der Waals surface area contributed by atoms with Crippen LogP contribution in [0.3, 0.4) is 0 Å². The van der Waals surface area contributed by atoms with Crippen molar-refractivity contribution in [3.05, 3.63) is 25.3 Å². The minimum absolute atomic E-state index is 0.279. The average Bonchev–Trinajstić information content (AvgIpc) is 2.42. The van der Waals surface area contributed by atoms with Crippen LogP contribution in [0.1, 0.15) is 0 Å². The Hall–Kier alpha value is -0.543. The minimum Gasteiger partial charge on any atom is -0.377 e. The minimum atomic E-state index is -3.05. The van der Waals surface area contributed by atoms with Crippen LogP contribution in [-0.4, -0.2) is 50.0 Å². The summed E-state index contributed by atoms with van der Waals surface area (Å²) in [5.74, 6) is 0. The molecule has 18 heavy (non-hydrogen) atoms. The molecule has 0 aromatic rings. The molecule has 0 saturated heterocycles. The zero-order valence-electron chi connectivity index (χ0n) is 11.4. The molecule has 0 amide bonds. The Morgan fingerprint density at radius 3 is 1.89 bits per heavy atom. The largest absolute Gasteiger partial charge is 0.510 e. The molecule has 0 aliphatic heterocycles. The molecular formula is C11H22O6Si.